The van der Waals surface area contributed by atoms with Gasteiger partial charge in [0, 0.05) is 22.3 Å². The third kappa shape index (κ3) is 2.81. The number of hydrogen-bond donors (Lipinski definition) is 0. The highest BCUT2D eigenvalue weighted by Gasteiger charge is 2.08. The molecule has 0 N–H and O–H groups in total. The van der Waals surface area contributed by atoms with Gasteiger partial charge in [0.2, 0.25) is 0 Å². The van der Waals surface area contributed by atoms with Crippen molar-refractivity contribution in [3.63, 3.8) is 0 Å². The Morgan fingerprint density at radius 3 is 2.81 bits per heavy atom. The zero-order valence-electron chi connectivity index (χ0n) is 8.49. The number of halogens is 2. The van der Waals surface area contributed by atoms with E-state index in [1.54, 1.807) is 11.3 Å². The van der Waals surface area contributed by atoms with Crippen LogP contribution in [0.5, 0.6) is 0 Å². The molecule has 0 amide bonds. The van der Waals surface area contributed by atoms with Gasteiger partial charge in [0.25, 0.3) is 0 Å². The van der Waals surface area contributed by atoms with Crippen molar-refractivity contribution in [2.75, 3.05) is 5.88 Å². The highest BCUT2D eigenvalue weighted by atomic mass is 79.9. The van der Waals surface area contributed by atoms with Crippen LogP contribution in [-0.4, -0.2) is 16.1 Å². The van der Waals surface area contributed by atoms with Gasteiger partial charge < -0.3 is 0 Å². The number of alkyl halides is 1. The Bertz CT molecular complexity index is 473. The number of aryl methyl sites for hydroxylation is 1. The van der Waals surface area contributed by atoms with Crippen molar-refractivity contribution < 1.29 is 0 Å². The number of rotatable bonds is 4. The largest absolute Gasteiger partial charge is 0.148 e. The van der Waals surface area contributed by atoms with E-state index in [9.17, 15) is 0 Å². The summed E-state index contributed by atoms with van der Waals surface area (Å²) in [6, 6.07) is 8.04. The second-order valence-electron chi connectivity index (χ2n) is 3.27. The number of aromatic nitrogens is 2. The molecule has 5 heteroatoms. The number of hydrogen-bond acceptors (Lipinski definition) is 3. The van der Waals surface area contributed by atoms with Crippen LogP contribution in [0.3, 0.4) is 0 Å². The minimum atomic E-state index is 0.671. The second-order valence-corrected chi connectivity index (χ2v) is 5.57. The highest BCUT2D eigenvalue weighted by molar-refractivity contribution is 9.10. The zero-order chi connectivity index (χ0) is 11.4. The molecule has 2 aromatic rings. The van der Waals surface area contributed by atoms with Crippen molar-refractivity contribution in [2.24, 2.45) is 0 Å². The van der Waals surface area contributed by atoms with E-state index in [-0.39, 0.29) is 0 Å². The average molecular weight is 318 g/mol. The topological polar surface area (TPSA) is 25.8 Å². The summed E-state index contributed by atoms with van der Waals surface area (Å²) < 4.78 is 1.05. The van der Waals surface area contributed by atoms with Crippen LogP contribution in [0.2, 0.25) is 0 Å². The Hall–Kier alpha value is -0.450. The third-order valence-corrected chi connectivity index (χ3v) is 4.07. The molecule has 1 heterocycles. The quantitative estimate of drug-likeness (QED) is 0.792. The van der Waals surface area contributed by atoms with Gasteiger partial charge in [-0.3, -0.25) is 0 Å². The maximum atomic E-state index is 5.65. The lowest BCUT2D eigenvalue weighted by atomic mass is 10.2. The molecule has 16 heavy (non-hydrogen) atoms. The van der Waals surface area contributed by atoms with Crippen LogP contribution < -0.4 is 0 Å². The molecule has 1 aromatic carbocycles. The van der Waals surface area contributed by atoms with E-state index < -0.39 is 0 Å². The maximum absolute atomic E-state index is 5.65. The minimum Gasteiger partial charge on any atom is -0.143 e. The van der Waals surface area contributed by atoms with Gasteiger partial charge in [0.1, 0.15) is 10.0 Å². The van der Waals surface area contributed by atoms with E-state index in [1.165, 1.54) is 0 Å². The Balaban J connectivity index is 2.22. The molecule has 0 aliphatic carbocycles. The van der Waals surface area contributed by atoms with Crippen LogP contribution in [-0.2, 0) is 6.42 Å². The molecule has 0 saturated carbocycles. The summed E-state index contributed by atoms with van der Waals surface area (Å²) in [6.07, 6.45) is 1.86. The Morgan fingerprint density at radius 2 is 2.06 bits per heavy atom. The summed E-state index contributed by atoms with van der Waals surface area (Å²) in [5, 5.41) is 10.4. The summed E-state index contributed by atoms with van der Waals surface area (Å²) in [4.78, 5) is 0. The van der Waals surface area contributed by atoms with Crippen molar-refractivity contribution in [3.05, 3.63) is 33.7 Å². The smallest absolute Gasteiger partial charge is 0.143 e. The summed E-state index contributed by atoms with van der Waals surface area (Å²) in [5.74, 6) is 0.671. The van der Waals surface area contributed by atoms with Gasteiger partial charge in [-0.05, 0) is 12.5 Å². The molecule has 84 valence electrons. The van der Waals surface area contributed by atoms with Crippen LogP contribution in [0, 0.1) is 0 Å². The van der Waals surface area contributed by atoms with Crippen molar-refractivity contribution >= 4 is 38.9 Å². The first-order chi connectivity index (χ1) is 7.81. The van der Waals surface area contributed by atoms with Crippen molar-refractivity contribution in [1.82, 2.24) is 10.2 Å². The van der Waals surface area contributed by atoms with E-state index in [2.05, 4.69) is 26.1 Å². The number of nitrogens with zero attached hydrogens (tertiary/aromatic N) is 2. The normalized spacial score (nSPS) is 10.6. The van der Waals surface area contributed by atoms with Crippen LogP contribution in [0.1, 0.15) is 11.4 Å². The SMILES string of the molecule is ClCCCc1nnc(-c2ccccc2Br)s1. The van der Waals surface area contributed by atoms with Gasteiger partial charge >= 0.3 is 0 Å². The van der Waals surface area contributed by atoms with Crippen molar-refractivity contribution in [1.29, 1.82) is 0 Å². The second kappa shape index (κ2) is 5.75. The van der Waals surface area contributed by atoms with Crippen LogP contribution in [0.15, 0.2) is 28.7 Å². The average Bonchev–Trinajstić information content (AvgIpc) is 2.75. The van der Waals surface area contributed by atoms with E-state index in [4.69, 9.17) is 11.6 Å². The lowest BCUT2D eigenvalue weighted by molar-refractivity contribution is 0.884. The predicted octanol–water partition coefficient (Wildman–Crippen LogP) is 4.14. The standard InChI is InChI=1S/C11H10BrClN2S/c12-9-5-2-1-4-8(9)11-15-14-10(16-11)6-3-7-13/h1-2,4-5H,3,6-7H2. The molecule has 0 spiro atoms. The third-order valence-electron chi connectivity index (χ3n) is 2.10. The molecule has 2 nitrogen and oxygen atoms in total. The van der Waals surface area contributed by atoms with Crippen molar-refractivity contribution in [3.8, 4) is 10.6 Å². The van der Waals surface area contributed by atoms with Gasteiger partial charge in [0.05, 0.1) is 0 Å². The first-order valence-corrected chi connectivity index (χ1v) is 7.09. The first-order valence-electron chi connectivity index (χ1n) is 4.94. The van der Waals surface area contributed by atoms with Crippen LogP contribution >= 0.6 is 38.9 Å². The minimum absolute atomic E-state index is 0.671. The summed E-state index contributed by atoms with van der Waals surface area (Å²) in [5.41, 5.74) is 1.09. The highest BCUT2D eigenvalue weighted by Crippen LogP contribution is 2.30. The Kier molecular flexibility index (Phi) is 4.32. The molecular weight excluding hydrogens is 308 g/mol. The molecular formula is C11H10BrClN2S. The molecule has 1 aromatic heterocycles. The van der Waals surface area contributed by atoms with Crippen LogP contribution in [0.25, 0.3) is 10.6 Å². The predicted molar refractivity (Wildman–Crippen MR) is 72.1 cm³/mol. The van der Waals surface area contributed by atoms with Gasteiger partial charge in [-0.1, -0.05) is 45.5 Å². The molecule has 0 unspecified atom stereocenters. The molecule has 0 aliphatic heterocycles. The van der Waals surface area contributed by atoms with E-state index in [0.29, 0.717) is 5.88 Å². The van der Waals surface area contributed by atoms with Gasteiger partial charge in [-0.25, -0.2) is 0 Å². The molecule has 0 radical (unpaired) electrons. The zero-order valence-corrected chi connectivity index (χ0v) is 11.6. The van der Waals surface area contributed by atoms with Gasteiger partial charge in [-0.15, -0.1) is 21.8 Å². The molecule has 2 rings (SSSR count). The Morgan fingerprint density at radius 1 is 1.25 bits per heavy atom. The number of benzene rings is 1. The fourth-order valence-corrected chi connectivity index (χ4v) is 2.97. The fourth-order valence-electron chi connectivity index (χ4n) is 1.32. The Labute approximate surface area is 112 Å². The van der Waals surface area contributed by atoms with Crippen LogP contribution in [0.4, 0.5) is 0 Å². The van der Waals surface area contributed by atoms with Crippen molar-refractivity contribution in [2.45, 2.75) is 12.8 Å². The lowest BCUT2D eigenvalue weighted by Crippen LogP contribution is -1.84. The lowest BCUT2D eigenvalue weighted by Gasteiger charge is -1.97. The maximum Gasteiger partial charge on any atom is 0.148 e. The first kappa shape index (κ1) is 12.0. The molecule has 0 saturated heterocycles. The molecule has 0 bridgehead atoms. The summed E-state index contributed by atoms with van der Waals surface area (Å²) in [7, 11) is 0. The van der Waals surface area contributed by atoms with Gasteiger partial charge in [0.15, 0.2) is 0 Å². The monoisotopic (exact) mass is 316 g/mol. The van der Waals surface area contributed by atoms with Gasteiger partial charge in [-0.2, -0.15) is 0 Å². The van der Waals surface area contributed by atoms with E-state index in [1.807, 2.05) is 24.3 Å². The fraction of sp³-hybridized carbons (Fsp3) is 0.273. The summed E-state index contributed by atoms with van der Waals surface area (Å²) >= 11 is 10.8. The molecule has 0 atom stereocenters. The summed E-state index contributed by atoms with van der Waals surface area (Å²) in [6.45, 7) is 0. The molecule has 0 fully saturated rings. The van der Waals surface area contributed by atoms with E-state index in [0.717, 1.165) is 32.9 Å². The van der Waals surface area contributed by atoms with E-state index >= 15 is 0 Å². The molecule has 0 aliphatic rings.